The van der Waals surface area contributed by atoms with Crippen molar-refractivity contribution in [1.29, 1.82) is 0 Å². The Balaban J connectivity index is 3.20. The molecule has 0 saturated heterocycles. The van der Waals surface area contributed by atoms with E-state index in [-0.39, 0.29) is 5.75 Å². The number of hydrogen-bond acceptors (Lipinski definition) is 1. The largest absolute Gasteiger partial charge is 0.506 e. The fourth-order valence-electron chi connectivity index (χ4n) is 0.602. The predicted octanol–water partition coefficient (Wildman–Crippen LogP) is 2.03. The second kappa shape index (κ2) is 2.64. The molecule has 50 valence electrons. The van der Waals surface area contributed by atoms with Crippen molar-refractivity contribution in [3.63, 3.8) is 0 Å². The van der Waals surface area contributed by atoms with Gasteiger partial charge in [0.15, 0.2) is 0 Å². The first kappa shape index (κ1) is 6.98. The number of phenols is 1. The average molecular weight is 153 g/mol. The van der Waals surface area contributed by atoms with Gasteiger partial charge < -0.3 is 5.11 Å². The Kier molecular flexibility index (Phi) is 1.84. The molecule has 0 atom stereocenters. The van der Waals surface area contributed by atoms with E-state index in [0.29, 0.717) is 10.6 Å². The number of hydrogen-bond donors (Lipinski definition) is 1. The van der Waals surface area contributed by atoms with Gasteiger partial charge in [-0.05, 0) is 18.2 Å². The second-order valence-corrected chi connectivity index (χ2v) is 2.22. The van der Waals surface area contributed by atoms with Crippen LogP contribution in [0.1, 0.15) is 5.56 Å². The van der Waals surface area contributed by atoms with Gasteiger partial charge in [0.1, 0.15) is 5.75 Å². The molecule has 0 saturated carbocycles. The lowest BCUT2D eigenvalue weighted by Gasteiger charge is -1.94. The van der Waals surface area contributed by atoms with Crippen LogP contribution in [-0.2, 0) is 0 Å². The van der Waals surface area contributed by atoms with Gasteiger partial charge in [-0.15, -0.1) is 6.42 Å². The molecule has 1 rings (SSSR count). The molecule has 0 aliphatic rings. The minimum Gasteiger partial charge on any atom is -0.506 e. The van der Waals surface area contributed by atoms with Gasteiger partial charge in [0.25, 0.3) is 0 Å². The fourth-order valence-corrected chi connectivity index (χ4v) is 0.720. The summed E-state index contributed by atoms with van der Waals surface area (Å²) < 4.78 is 0. The predicted molar refractivity (Wildman–Crippen MR) is 41.1 cm³/mol. The molecule has 0 unspecified atom stereocenters. The van der Waals surface area contributed by atoms with E-state index < -0.39 is 0 Å². The number of aromatic hydroxyl groups is 1. The first-order valence-electron chi connectivity index (χ1n) is 2.69. The minimum atomic E-state index is 0.0251. The van der Waals surface area contributed by atoms with E-state index in [4.69, 9.17) is 23.1 Å². The summed E-state index contributed by atoms with van der Waals surface area (Å²) >= 11 is 5.52. The lowest BCUT2D eigenvalue weighted by atomic mass is 10.2. The molecule has 0 heterocycles. The quantitative estimate of drug-likeness (QED) is 0.564. The molecule has 0 amide bonds. The highest BCUT2D eigenvalue weighted by atomic mass is 35.5. The molecular formula is C8H5ClO. The molecule has 1 N–H and O–H groups in total. The number of rotatable bonds is 0. The van der Waals surface area contributed by atoms with Crippen LogP contribution in [0.15, 0.2) is 18.2 Å². The van der Waals surface area contributed by atoms with E-state index in [9.17, 15) is 0 Å². The molecule has 0 aromatic heterocycles. The van der Waals surface area contributed by atoms with Crippen LogP contribution >= 0.6 is 11.6 Å². The first-order chi connectivity index (χ1) is 4.74. The molecule has 10 heavy (non-hydrogen) atoms. The summed E-state index contributed by atoms with van der Waals surface area (Å²) in [5.41, 5.74) is 0.627. The van der Waals surface area contributed by atoms with Crippen LogP contribution < -0.4 is 0 Å². The van der Waals surface area contributed by atoms with Gasteiger partial charge in [0, 0.05) is 5.56 Å². The summed E-state index contributed by atoms with van der Waals surface area (Å²) in [7, 11) is 0. The molecule has 2 heteroatoms. The summed E-state index contributed by atoms with van der Waals surface area (Å²) in [4.78, 5) is 0. The number of benzene rings is 1. The molecule has 1 aromatic carbocycles. The Bertz CT molecular complexity index is 286. The van der Waals surface area contributed by atoms with Gasteiger partial charge in [-0.1, -0.05) is 17.5 Å². The molecule has 0 bridgehead atoms. The zero-order valence-electron chi connectivity index (χ0n) is 5.13. The summed E-state index contributed by atoms with van der Waals surface area (Å²) in [6.07, 6.45) is 5.06. The van der Waals surface area contributed by atoms with Crippen LogP contribution in [0.5, 0.6) is 5.75 Å². The van der Waals surface area contributed by atoms with Gasteiger partial charge in [-0.2, -0.15) is 0 Å². The Hall–Kier alpha value is -1.13. The lowest BCUT2D eigenvalue weighted by molar-refractivity contribution is 0.475. The third-order valence-electron chi connectivity index (χ3n) is 1.11. The van der Waals surface area contributed by atoms with Crippen molar-refractivity contribution < 1.29 is 5.11 Å². The molecule has 0 spiro atoms. The lowest BCUT2D eigenvalue weighted by Crippen LogP contribution is -1.72. The maximum absolute atomic E-state index is 9.00. The van der Waals surface area contributed by atoms with Gasteiger partial charge in [-0.25, -0.2) is 0 Å². The van der Waals surface area contributed by atoms with Crippen molar-refractivity contribution in [1.82, 2.24) is 0 Å². The Morgan fingerprint density at radius 1 is 1.50 bits per heavy atom. The molecule has 0 aliphatic heterocycles. The van der Waals surface area contributed by atoms with Crippen molar-refractivity contribution in [3.8, 4) is 18.1 Å². The van der Waals surface area contributed by atoms with Crippen molar-refractivity contribution in [2.24, 2.45) is 0 Å². The zero-order valence-corrected chi connectivity index (χ0v) is 5.89. The average Bonchev–Trinajstić information content (AvgIpc) is 1.95. The summed E-state index contributed by atoms with van der Waals surface area (Å²) in [6, 6.07) is 4.68. The van der Waals surface area contributed by atoms with Crippen molar-refractivity contribution >= 4 is 11.6 Å². The second-order valence-electron chi connectivity index (χ2n) is 1.81. The molecule has 1 aromatic rings. The highest BCUT2D eigenvalue weighted by molar-refractivity contribution is 6.32. The van der Waals surface area contributed by atoms with Crippen LogP contribution in [0.3, 0.4) is 0 Å². The molecule has 0 fully saturated rings. The Morgan fingerprint density at radius 3 is 2.70 bits per heavy atom. The molecule has 0 aliphatic carbocycles. The summed E-state index contributed by atoms with van der Waals surface area (Å²) in [5, 5.41) is 9.32. The molecule has 0 radical (unpaired) electrons. The van der Waals surface area contributed by atoms with Crippen LogP contribution in [-0.4, -0.2) is 5.11 Å². The van der Waals surface area contributed by atoms with Crippen molar-refractivity contribution in [3.05, 3.63) is 28.8 Å². The van der Waals surface area contributed by atoms with Crippen LogP contribution in [0.2, 0.25) is 5.02 Å². The topological polar surface area (TPSA) is 20.2 Å². The van der Waals surface area contributed by atoms with Gasteiger partial charge in [-0.3, -0.25) is 0 Å². The fraction of sp³-hybridized carbons (Fsp3) is 0. The SMILES string of the molecule is C#Cc1ccc(Cl)c(O)c1. The highest BCUT2D eigenvalue weighted by Gasteiger charge is 1.95. The van der Waals surface area contributed by atoms with Gasteiger partial charge in [0.2, 0.25) is 0 Å². The van der Waals surface area contributed by atoms with E-state index in [1.165, 1.54) is 6.07 Å². The van der Waals surface area contributed by atoms with E-state index >= 15 is 0 Å². The summed E-state index contributed by atoms with van der Waals surface area (Å²) in [6.45, 7) is 0. The molecular weight excluding hydrogens is 148 g/mol. The van der Waals surface area contributed by atoms with E-state index in [2.05, 4.69) is 5.92 Å². The van der Waals surface area contributed by atoms with E-state index in [0.717, 1.165) is 0 Å². The van der Waals surface area contributed by atoms with E-state index in [1.807, 2.05) is 0 Å². The number of phenolic OH excluding ortho intramolecular Hbond substituents is 1. The molecule has 1 nitrogen and oxygen atoms in total. The standard InChI is InChI=1S/C8H5ClO/c1-2-6-3-4-7(9)8(10)5-6/h1,3-5,10H. The maximum Gasteiger partial charge on any atom is 0.135 e. The first-order valence-corrected chi connectivity index (χ1v) is 3.07. The number of terminal acetylenes is 1. The monoisotopic (exact) mass is 152 g/mol. The third-order valence-corrected chi connectivity index (χ3v) is 1.43. The van der Waals surface area contributed by atoms with Gasteiger partial charge in [0.05, 0.1) is 5.02 Å². The van der Waals surface area contributed by atoms with Crippen LogP contribution in [0, 0.1) is 12.3 Å². The Labute approximate surface area is 64.3 Å². The maximum atomic E-state index is 9.00. The van der Waals surface area contributed by atoms with Crippen molar-refractivity contribution in [2.75, 3.05) is 0 Å². The van der Waals surface area contributed by atoms with Gasteiger partial charge >= 0.3 is 0 Å². The Morgan fingerprint density at radius 2 is 2.20 bits per heavy atom. The third kappa shape index (κ3) is 1.23. The highest BCUT2D eigenvalue weighted by Crippen LogP contribution is 2.22. The smallest absolute Gasteiger partial charge is 0.135 e. The van der Waals surface area contributed by atoms with Crippen LogP contribution in [0.4, 0.5) is 0 Å². The van der Waals surface area contributed by atoms with Crippen molar-refractivity contribution in [2.45, 2.75) is 0 Å². The van der Waals surface area contributed by atoms with Crippen LogP contribution in [0.25, 0.3) is 0 Å². The zero-order chi connectivity index (χ0) is 7.56. The van der Waals surface area contributed by atoms with E-state index in [1.54, 1.807) is 12.1 Å². The minimum absolute atomic E-state index is 0.0251. The number of halogens is 1. The normalized spacial score (nSPS) is 8.80. The summed E-state index contributed by atoms with van der Waals surface area (Å²) in [5.74, 6) is 2.40.